The van der Waals surface area contributed by atoms with Crippen molar-refractivity contribution >= 4 is 40.1 Å². The molecule has 0 unspecified atom stereocenters. The summed E-state index contributed by atoms with van der Waals surface area (Å²) in [5, 5.41) is 6.86. The van der Waals surface area contributed by atoms with Gasteiger partial charge in [0.2, 0.25) is 0 Å². The van der Waals surface area contributed by atoms with Crippen LogP contribution in [0.25, 0.3) is 22.0 Å². The number of carbonyl (C=O) groups excluding carboxylic acids is 1. The number of fused-ring (bicyclic) bond motifs is 1. The van der Waals surface area contributed by atoms with E-state index in [1.807, 2.05) is 63.7 Å². The number of H-pyrrole nitrogens is 1. The van der Waals surface area contributed by atoms with E-state index in [-0.39, 0.29) is 5.97 Å². The number of halogens is 2. The van der Waals surface area contributed by atoms with Gasteiger partial charge in [0.1, 0.15) is 11.4 Å². The van der Waals surface area contributed by atoms with Gasteiger partial charge in [0.05, 0.1) is 29.4 Å². The molecule has 2 aromatic carbocycles. The number of nitrogens with one attached hydrogen (secondary N) is 1. The van der Waals surface area contributed by atoms with Crippen molar-refractivity contribution < 1.29 is 14.3 Å². The first-order valence-electron chi connectivity index (χ1n) is 12.0. The molecule has 36 heavy (non-hydrogen) atoms. The van der Waals surface area contributed by atoms with Gasteiger partial charge >= 0.3 is 5.97 Å². The summed E-state index contributed by atoms with van der Waals surface area (Å²) in [4.78, 5) is 16.3. The minimum absolute atomic E-state index is 0.292. The van der Waals surface area contributed by atoms with Gasteiger partial charge in [0.15, 0.2) is 0 Å². The largest absolute Gasteiger partial charge is 0.494 e. The lowest BCUT2D eigenvalue weighted by atomic mass is 9.98. The number of aryl methyl sites for hydroxylation is 5. The zero-order valence-corrected chi connectivity index (χ0v) is 23.0. The molecular formula is C28H31Cl2N3O3. The molecule has 0 saturated carbocycles. The third-order valence-corrected chi connectivity index (χ3v) is 7.43. The van der Waals surface area contributed by atoms with E-state index in [9.17, 15) is 4.79 Å². The van der Waals surface area contributed by atoms with Crippen LogP contribution < -0.4 is 4.74 Å². The van der Waals surface area contributed by atoms with E-state index in [4.69, 9.17) is 32.7 Å². The second kappa shape index (κ2) is 10.6. The Labute approximate surface area is 221 Å². The molecule has 0 amide bonds. The Balaban J connectivity index is 1.70. The minimum atomic E-state index is -0.379. The number of benzene rings is 2. The zero-order valence-electron chi connectivity index (χ0n) is 21.5. The van der Waals surface area contributed by atoms with Gasteiger partial charge in [-0.25, -0.2) is 4.79 Å². The maximum Gasteiger partial charge on any atom is 0.355 e. The van der Waals surface area contributed by atoms with Gasteiger partial charge < -0.3 is 14.5 Å². The summed E-state index contributed by atoms with van der Waals surface area (Å²) in [5.74, 6) is 0.408. The molecule has 2 aromatic heterocycles. The summed E-state index contributed by atoms with van der Waals surface area (Å²) in [6, 6.07) is 7.73. The van der Waals surface area contributed by atoms with Gasteiger partial charge in [-0.3, -0.25) is 4.68 Å². The highest BCUT2D eigenvalue weighted by atomic mass is 35.5. The average Bonchev–Trinajstić information content (AvgIpc) is 3.31. The van der Waals surface area contributed by atoms with Gasteiger partial charge in [-0.2, -0.15) is 5.10 Å². The molecule has 0 aliphatic heterocycles. The van der Waals surface area contributed by atoms with Crippen molar-refractivity contribution in [2.75, 3.05) is 13.2 Å². The molecule has 0 saturated heterocycles. The summed E-state index contributed by atoms with van der Waals surface area (Å²) in [6.45, 7) is 10.5. The molecule has 6 nitrogen and oxygen atoms in total. The molecule has 0 fully saturated rings. The predicted molar refractivity (Wildman–Crippen MR) is 146 cm³/mol. The van der Waals surface area contributed by atoms with E-state index >= 15 is 0 Å². The Morgan fingerprint density at radius 2 is 1.78 bits per heavy atom. The van der Waals surface area contributed by atoms with Crippen LogP contribution in [0.5, 0.6) is 5.75 Å². The first-order chi connectivity index (χ1) is 17.1. The number of rotatable bonds is 8. The number of ether oxygens (including phenoxy) is 2. The van der Waals surface area contributed by atoms with Crippen molar-refractivity contribution in [3.05, 3.63) is 68.1 Å². The highest BCUT2D eigenvalue weighted by Crippen LogP contribution is 2.40. The molecule has 4 rings (SSSR count). The molecular weight excluding hydrogens is 497 g/mol. The van der Waals surface area contributed by atoms with Gasteiger partial charge in [0, 0.05) is 34.3 Å². The van der Waals surface area contributed by atoms with Crippen LogP contribution in [-0.2, 0) is 18.2 Å². The Kier molecular flexibility index (Phi) is 7.67. The second-order valence-electron chi connectivity index (χ2n) is 9.04. The summed E-state index contributed by atoms with van der Waals surface area (Å²) in [7, 11) is 1.91. The topological polar surface area (TPSA) is 69.1 Å². The number of aromatic amines is 1. The monoisotopic (exact) mass is 527 g/mol. The van der Waals surface area contributed by atoms with E-state index in [1.54, 1.807) is 6.92 Å². The molecule has 4 aromatic rings. The zero-order chi connectivity index (χ0) is 26.1. The van der Waals surface area contributed by atoms with E-state index in [0.717, 1.165) is 60.9 Å². The minimum Gasteiger partial charge on any atom is -0.494 e. The fraction of sp³-hybridized carbons (Fsp3) is 0.357. The van der Waals surface area contributed by atoms with Crippen LogP contribution in [0, 0.1) is 27.7 Å². The molecule has 0 bridgehead atoms. The van der Waals surface area contributed by atoms with E-state index < -0.39 is 0 Å². The molecule has 8 heteroatoms. The molecule has 1 N–H and O–H groups in total. The molecule has 0 aliphatic rings. The molecule has 2 heterocycles. The van der Waals surface area contributed by atoms with Crippen LogP contribution in [-0.4, -0.2) is 33.9 Å². The van der Waals surface area contributed by atoms with E-state index in [0.29, 0.717) is 36.8 Å². The van der Waals surface area contributed by atoms with Crippen molar-refractivity contribution in [2.45, 2.75) is 47.5 Å². The fourth-order valence-corrected chi connectivity index (χ4v) is 5.10. The van der Waals surface area contributed by atoms with Crippen molar-refractivity contribution in [1.29, 1.82) is 0 Å². The third kappa shape index (κ3) is 4.84. The van der Waals surface area contributed by atoms with E-state index in [2.05, 4.69) is 10.1 Å². The Bertz CT molecular complexity index is 1430. The smallest absolute Gasteiger partial charge is 0.355 e. The predicted octanol–water partition coefficient (Wildman–Crippen LogP) is 7.30. The van der Waals surface area contributed by atoms with Crippen LogP contribution in [0.15, 0.2) is 24.3 Å². The molecule has 0 atom stereocenters. The van der Waals surface area contributed by atoms with Crippen molar-refractivity contribution in [2.24, 2.45) is 7.05 Å². The van der Waals surface area contributed by atoms with Crippen molar-refractivity contribution in [3.63, 3.8) is 0 Å². The lowest BCUT2D eigenvalue weighted by molar-refractivity contribution is 0.0519. The first-order valence-corrected chi connectivity index (χ1v) is 12.8. The Morgan fingerprint density at radius 1 is 1.08 bits per heavy atom. The number of hydrogen-bond donors (Lipinski definition) is 1. The Hall–Kier alpha value is -2.96. The molecule has 190 valence electrons. The van der Waals surface area contributed by atoms with Crippen molar-refractivity contribution in [3.8, 4) is 16.9 Å². The maximum absolute atomic E-state index is 12.9. The van der Waals surface area contributed by atoms with Crippen LogP contribution >= 0.6 is 23.2 Å². The van der Waals surface area contributed by atoms with Crippen LogP contribution in [0.2, 0.25) is 10.0 Å². The maximum atomic E-state index is 12.9. The highest BCUT2D eigenvalue weighted by Gasteiger charge is 2.24. The summed E-state index contributed by atoms with van der Waals surface area (Å²) < 4.78 is 13.2. The Morgan fingerprint density at radius 3 is 2.39 bits per heavy atom. The third-order valence-electron chi connectivity index (χ3n) is 6.52. The highest BCUT2D eigenvalue weighted by molar-refractivity contribution is 6.35. The van der Waals surface area contributed by atoms with Gasteiger partial charge in [-0.1, -0.05) is 29.3 Å². The summed E-state index contributed by atoms with van der Waals surface area (Å²) >= 11 is 13.0. The normalized spacial score (nSPS) is 11.3. The quantitative estimate of drug-likeness (QED) is 0.193. The van der Waals surface area contributed by atoms with Gasteiger partial charge in [-0.15, -0.1) is 0 Å². The number of hydrogen-bond acceptors (Lipinski definition) is 4. The standard InChI is InChI=1S/C28H31Cl2N3O3/c1-7-35-28(34)27-20(9-8-12-36-19-13-15(2)25(30)16(3)14-19)21-10-11-22(29)24(26(21)31-27)23-17(4)32-33(6)18(23)5/h10-11,13-14,31H,7-9,12H2,1-6H3. The summed E-state index contributed by atoms with van der Waals surface area (Å²) in [5.41, 5.74) is 7.81. The SMILES string of the molecule is CCOC(=O)c1[nH]c2c(-c3c(C)nn(C)c3C)c(Cl)ccc2c1CCCOc1cc(C)c(Cl)c(C)c1. The molecule has 0 radical (unpaired) electrons. The molecule has 0 spiro atoms. The fourth-order valence-electron chi connectivity index (χ4n) is 4.74. The molecule has 0 aliphatic carbocycles. The van der Waals surface area contributed by atoms with Crippen LogP contribution in [0.1, 0.15) is 51.9 Å². The lowest BCUT2D eigenvalue weighted by Crippen LogP contribution is -2.09. The number of esters is 1. The lowest BCUT2D eigenvalue weighted by Gasteiger charge is -2.11. The average molecular weight is 528 g/mol. The van der Waals surface area contributed by atoms with Crippen molar-refractivity contribution in [1.82, 2.24) is 14.8 Å². The van der Waals surface area contributed by atoms with Crippen LogP contribution in [0.3, 0.4) is 0 Å². The van der Waals surface area contributed by atoms with Gasteiger partial charge in [0.25, 0.3) is 0 Å². The number of aromatic nitrogens is 3. The number of carbonyl (C=O) groups is 1. The van der Waals surface area contributed by atoms with Gasteiger partial charge in [-0.05, 0) is 82.3 Å². The van der Waals surface area contributed by atoms with Crippen LogP contribution in [0.4, 0.5) is 0 Å². The number of nitrogens with zero attached hydrogens (tertiary/aromatic N) is 2. The van der Waals surface area contributed by atoms with E-state index in [1.165, 1.54) is 0 Å². The first kappa shape index (κ1) is 26.1. The second-order valence-corrected chi connectivity index (χ2v) is 9.82. The summed E-state index contributed by atoms with van der Waals surface area (Å²) in [6.07, 6.45) is 1.34.